The van der Waals surface area contributed by atoms with Crippen molar-refractivity contribution in [1.29, 1.82) is 0 Å². The first-order valence-corrected chi connectivity index (χ1v) is 10.0. The summed E-state index contributed by atoms with van der Waals surface area (Å²) in [6.07, 6.45) is 6.52. The molecule has 0 atom stereocenters. The minimum atomic E-state index is -0.759. The maximum absolute atomic E-state index is 12.1. The number of hydrogen-bond acceptors (Lipinski definition) is 4. The van der Waals surface area contributed by atoms with E-state index < -0.39 is 11.4 Å². The average Bonchev–Trinajstić information content (AvgIpc) is 2.87. The maximum atomic E-state index is 12.1. The first-order valence-electron chi connectivity index (χ1n) is 10.0. The second kappa shape index (κ2) is 10.6. The minimum absolute atomic E-state index is 0.0793. The van der Waals surface area contributed by atoms with Crippen molar-refractivity contribution in [2.24, 2.45) is 10.8 Å². The molecular weight excluding hydrogens is 360 g/mol. The molecule has 1 aliphatic rings. The summed E-state index contributed by atoms with van der Waals surface area (Å²) in [7, 11) is 0. The standard InChI is InChI=1S/C21H36N2O5/c1-6-22-15-17(24)23(19(22)27)16-20(2,3)11-7-9-13-28-14-10-8-12-21(4,5)18(25)26/h6H,1,7-16H2,2-5H3,(H,25,26). The van der Waals surface area contributed by atoms with Gasteiger partial charge in [0.25, 0.3) is 5.91 Å². The van der Waals surface area contributed by atoms with E-state index in [1.807, 2.05) is 0 Å². The van der Waals surface area contributed by atoms with Crippen molar-refractivity contribution in [3.8, 4) is 0 Å². The summed E-state index contributed by atoms with van der Waals surface area (Å²) >= 11 is 0. The van der Waals surface area contributed by atoms with E-state index in [0.29, 0.717) is 26.2 Å². The summed E-state index contributed by atoms with van der Waals surface area (Å²) < 4.78 is 5.64. The number of hydrogen-bond donors (Lipinski definition) is 1. The molecule has 0 aromatic carbocycles. The van der Waals surface area contributed by atoms with Crippen LogP contribution in [0.2, 0.25) is 0 Å². The van der Waals surface area contributed by atoms with Gasteiger partial charge in [0.15, 0.2) is 0 Å². The van der Waals surface area contributed by atoms with E-state index in [9.17, 15) is 14.4 Å². The summed E-state index contributed by atoms with van der Waals surface area (Å²) in [4.78, 5) is 37.8. The van der Waals surface area contributed by atoms with Crippen LogP contribution in [0.3, 0.4) is 0 Å². The average molecular weight is 397 g/mol. The van der Waals surface area contributed by atoms with E-state index in [1.54, 1.807) is 13.8 Å². The van der Waals surface area contributed by atoms with Crippen LogP contribution >= 0.6 is 0 Å². The number of amides is 3. The van der Waals surface area contributed by atoms with Crippen molar-refractivity contribution in [2.75, 3.05) is 26.3 Å². The van der Waals surface area contributed by atoms with Crippen LogP contribution in [-0.2, 0) is 14.3 Å². The molecule has 3 amide bonds. The van der Waals surface area contributed by atoms with Crippen LogP contribution in [-0.4, -0.2) is 59.1 Å². The molecule has 0 radical (unpaired) electrons. The molecule has 0 aromatic rings. The van der Waals surface area contributed by atoms with Gasteiger partial charge in [-0.1, -0.05) is 33.3 Å². The molecule has 0 unspecified atom stereocenters. The first kappa shape index (κ1) is 24.1. The number of carboxylic acids is 1. The second-order valence-electron chi connectivity index (χ2n) is 8.95. The first-order chi connectivity index (χ1) is 13.0. The van der Waals surface area contributed by atoms with Crippen molar-refractivity contribution in [2.45, 2.75) is 66.2 Å². The lowest BCUT2D eigenvalue weighted by atomic mass is 9.86. The highest BCUT2D eigenvalue weighted by Crippen LogP contribution is 2.27. The summed E-state index contributed by atoms with van der Waals surface area (Å²) in [5, 5.41) is 9.07. The smallest absolute Gasteiger partial charge is 0.331 e. The van der Waals surface area contributed by atoms with Crippen LogP contribution in [0, 0.1) is 10.8 Å². The molecule has 7 nitrogen and oxygen atoms in total. The van der Waals surface area contributed by atoms with Gasteiger partial charge in [-0.2, -0.15) is 0 Å². The molecule has 1 heterocycles. The summed E-state index contributed by atoms with van der Waals surface area (Å²) in [6, 6.07) is -0.289. The van der Waals surface area contributed by atoms with Crippen LogP contribution in [0.5, 0.6) is 0 Å². The maximum Gasteiger partial charge on any atom is 0.331 e. The van der Waals surface area contributed by atoms with Gasteiger partial charge in [-0.15, -0.1) is 0 Å². The molecule has 160 valence electrons. The molecule has 0 aromatic heterocycles. The van der Waals surface area contributed by atoms with E-state index in [-0.39, 0.29) is 23.9 Å². The van der Waals surface area contributed by atoms with Gasteiger partial charge in [0.1, 0.15) is 6.54 Å². The number of imide groups is 1. The molecule has 0 spiro atoms. The largest absolute Gasteiger partial charge is 0.481 e. The summed E-state index contributed by atoms with van der Waals surface area (Å²) in [5.74, 6) is -0.932. The highest BCUT2D eigenvalue weighted by Gasteiger charge is 2.37. The van der Waals surface area contributed by atoms with Crippen LogP contribution in [0.15, 0.2) is 12.8 Å². The molecule has 0 bridgehead atoms. The molecule has 1 N–H and O–H groups in total. The zero-order valence-corrected chi connectivity index (χ0v) is 17.8. The lowest BCUT2D eigenvalue weighted by Crippen LogP contribution is -2.39. The molecule has 28 heavy (non-hydrogen) atoms. The number of carbonyl (C=O) groups is 3. The zero-order chi connectivity index (χ0) is 21.4. The summed E-state index contributed by atoms with van der Waals surface area (Å²) in [6.45, 7) is 13.0. The molecule has 1 rings (SSSR count). The molecule has 0 saturated carbocycles. The summed E-state index contributed by atoms with van der Waals surface area (Å²) in [5.41, 5.74) is -0.822. The fraction of sp³-hybridized carbons (Fsp3) is 0.762. The topological polar surface area (TPSA) is 87.2 Å². The third-order valence-corrected chi connectivity index (χ3v) is 5.20. The Balaban J connectivity index is 2.15. The van der Waals surface area contributed by atoms with Crippen molar-refractivity contribution in [3.05, 3.63) is 12.8 Å². The van der Waals surface area contributed by atoms with Gasteiger partial charge in [0.2, 0.25) is 0 Å². The van der Waals surface area contributed by atoms with Gasteiger partial charge in [-0.3, -0.25) is 19.4 Å². The number of carbonyl (C=O) groups excluding carboxylic acids is 2. The Hall–Kier alpha value is -1.89. The van der Waals surface area contributed by atoms with E-state index in [1.165, 1.54) is 16.0 Å². The Morgan fingerprint density at radius 1 is 1.11 bits per heavy atom. The lowest BCUT2D eigenvalue weighted by Gasteiger charge is -2.29. The molecular formula is C21H36N2O5. The molecule has 0 aliphatic carbocycles. The SMILES string of the molecule is C=CN1CC(=O)N(CC(C)(C)CCCCOCCCCC(C)(C)C(=O)O)C1=O. The third-order valence-electron chi connectivity index (χ3n) is 5.20. The monoisotopic (exact) mass is 396 g/mol. The molecule has 1 aliphatic heterocycles. The normalized spacial score (nSPS) is 15.4. The Kier molecular flexibility index (Phi) is 9.14. The lowest BCUT2D eigenvalue weighted by molar-refractivity contribution is -0.147. The predicted molar refractivity (Wildman–Crippen MR) is 108 cm³/mol. The van der Waals surface area contributed by atoms with Crippen molar-refractivity contribution < 1.29 is 24.2 Å². The highest BCUT2D eigenvalue weighted by atomic mass is 16.5. The van der Waals surface area contributed by atoms with Crippen LogP contribution < -0.4 is 0 Å². The van der Waals surface area contributed by atoms with Gasteiger partial charge in [-0.05, 0) is 44.9 Å². The Bertz CT molecular complexity index is 571. The fourth-order valence-electron chi connectivity index (χ4n) is 3.15. The van der Waals surface area contributed by atoms with Crippen LogP contribution in [0.25, 0.3) is 0 Å². The zero-order valence-electron chi connectivity index (χ0n) is 17.8. The predicted octanol–water partition coefficient (Wildman–Crippen LogP) is 3.89. The number of rotatable bonds is 14. The molecule has 7 heteroatoms. The Morgan fingerprint density at radius 2 is 1.68 bits per heavy atom. The van der Waals surface area contributed by atoms with Gasteiger partial charge >= 0.3 is 12.0 Å². The number of nitrogens with zero attached hydrogens (tertiary/aromatic N) is 2. The van der Waals surface area contributed by atoms with Gasteiger partial charge in [0.05, 0.1) is 5.41 Å². The third kappa shape index (κ3) is 7.62. The molecule has 1 fully saturated rings. The fourth-order valence-corrected chi connectivity index (χ4v) is 3.15. The van der Waals surface area contributed by atoms with Gasteiger partial charge < -0.3 is 9.84 Å². The van der Waals surface area contributed by atoms with Gasteiger partial charge in [0, 0.05) is 26.0 Å². The van der Waals surface area contributed by atoms with E-state index >= 15 is 0 Å². The van der Waals surface area contributed by atoms with Gasteiger partial charge in [-0.25, -0.2) is 4.79 Å². The van der Waals surface area contributed by atoms with E-state index in [4.69, 9.17) is 9.84 Å². The van der Waals surface area contributed by atoms with E-state index in [0.717, 1.165) is 32.1 Å². The number of ether oxygens (including phenoxy) is 1. The van der Waals surface area contributed by atoms with Crippen LogP contribution in [0.1, 0.15) is 66.2 Å². The van der Waals surface area contributed by atoms with Crippen molar-refractivity contribution in [3.63, 3.8) is 0 Å². The number of urea groups is 1. The number of aliphatic carboxylic acids is 1. The Morgan fingerprint density at radius 3 is 2.18 bits per heavy atom. The minimum Gasteiger partial charge on any atom is -0.481 e. The number of unbranched alkanes of at least 4 members (excludes halogenated alkanes) is 2. The van der Waals surface area contributed by atoms with Crippen LogP contribution in [0.4, 0.5) is 4.79 Å². The molecule has 1 saturated heterocycles. The quantitative estimate of drug-likeness (QED) is 0.355. The second-order valence-corrected chi connectivity index (χ2v) is 8.95. The number of carboxylic acid groups (broad SMARTS) is 1. The van der Waals surface area contributed by atoms with Crippen molar-refractivity contribution in [1.82, 2.24) is 9.80 Å². The Labute approximate surface area is 168 Å². The van der Waals surface area contributed by atoms with E-state index in [2.05, 4.69) is 20.4 Å². The highest BCUT2D eigenvalue weighted by molar-refractivity contribution is 6.02. The van der Waals surface area contributed by atoms with Crippen molar-refractivity contribution >= 4 is 17.9 Å².